The van der Waals surface area contributed by atoms with Crippen LogP contribution in [-0.2, 0) is 6.54 Å². The van der Waals surface area contributed by atoms with Crippen LogP contribution in [0.5, 0.6) is 5.75 Å². The van der Waals surface area contributed by atoms with E-state index in [9.17, 15) is 5.11 Å². The van der Waals surface area contributed by atoms with E-state index in [0.717, 1.165) is 54.4 Å². The number of thiazole rings is 1. The molecule has 2 aromatic carbocycles. The Morgan fingerprint density at radius 3 is 2.54 bits per heavy atom. The first-order valence-electron chi connectivity index (χ1n) is 9.19. The van der Waals surface area contributed by atoms with Gasteiger partial charge in [0.05, 0.1) is 10.2 Å². The first-order chi connectivity index (χ1) is 12.6. The van der Waals surface area contributed by atoms with Crippen molar-refractivity contribution in [1.82, 2.24) is 14.8 Å². The molecular weight excluding hydrogens is 342 g/mol. The van der Waals surface area contributed by atoms with E-state index in [1.54, 1.807) is 17.4 Å². The second-order valence-corrected chi connectivity index (χ2v) is 7.63. The minimum absolute atomic E-state index is 0.351. The number of phenolic OH excluding ortho intramolecular Hbond substituents is 1. The zero-order valence-corrected chi connectivity index (χ0v) is 16.6. The fraction of sp³-hybridized carbons (Fsp3) is 0.381. The number of fused-ring (bicyclic) bond motifs is 1. The lowest BCUT2D eigenvalue weighted by Gasteiger charge is -2.23. The molecule has 0 aliphatic carbocycles. The van der Waals surface area contributed by atoms with E-state index in [2.05, 4.69) is 42.8 Å². The number of phenols is 1. The third-order valence-corrected chi connectivity index (χ3v) is 5.84. The van der Waals surface area contributed by atoms with Crippen LogP contribution in [0.1, 0.15) is 19.4 Å². The molecule has 5 heteroatoms. The standard InChI is InChI=1S/C21H27N3OS/c1-4-24(5-2)13-12-23(3)15-17-14-16(10-11-19(17)25)21-22-18-8-6-7-9-20(18)26-21/h6-11,14,25H,4-5,12-13,15H2,1-3H3. The van der Waals surface area contributed by atoms with Crippen molar-refractivity contribution in [3.8, 4) is 16.3 Å². The third-order valence-electron chi connectivity index (χ3n) is 4.75. The van der Waals surface area contributed by atoms with E-state index in [1.807, 2.05) is 24.3 Å². The molecule has 138 valence electrons. The largest absolute Gasteiger partial charge is 0.508 e. The molecule has 1 heterocycles. The number of hydrogen-bond donors (Lipinski definition) is 1. The van der Waals surface area contributed by atoms with Gasteiger partial charge in [0, 0.05) is 30.8 Å². The lowest BCUT2D eigenvalue weighted by molar-refractivity contribution is 0.235. The molecule has 0 bridgehead atoms. The Bertz CT molecular complexity index is 824. The SMILES string of the molecule is CCN(CC)CCN(C)Cc1cc(-c2nc3ccccc3s2)ccc1O. The molecule has 0 unspecified atom stereocenters. The molecule has 26 heavy (non-hydrogen) atoms. The maximum atomic E-state index is 10.3. The van der Waals surface area contributed by atoms with Crippen molar-refractivity contribution in [2.45, 2.75) is 20.4 Å². The number of likely N-dealkylation sites (N-methyl/N-ethyl adjacent to an activating group) is 2. The summed E-state index contributed by atoms with van der Waals surface area (Å²) in [5, 5.41) is 11.3. The van der Waals surface area contributed by atoms with Gasteiger partial charge in [-0.1, -0.05) is 26.0 Å². The molecule has 0 spiro atoms. The van der Waals surface area contributed by atoms with Crippen LogP contribution in [0, 0.1) is 0 Å². The summed E-state index contributed by atoms with van der Waals surface area (Å²) in [6.07, 6.45) is 0. The zero-order chi connectivity index (χ0) is 18.5. The van der Waals surface area contributed by atoms with Crippen LogP contribution in [0.25, 0.3) is 20.8 Å². The highest BCUT2D eigenvalue weighted by Crippen LogP contribution is 2.32. The van der Waals surface area contributed by atoms with Gasteiger partial charge in [-0.3, -0.25) is 0 Å². The van der Waals surface area contributed by atoms with Crippen LogP contribution in [0.4, 0.5) is 0 Å². The molecule has 3 aromatic rings. The van der Waals surface area contributed by atoms with Gasteiger partial charge in [-0.25, -0.2) is 4.98 Å². The van der Waals surface area contributed by atoms with Crippen LogP contribution >= 0.6 is 11.3 Å². The molecule has 0 amide bonds. The molecule has 4 nitrogen and oxygen atoms in total. The van der Waals surface area contributed by atoms with Gasteiger partial charge in [0.15, 0.2) is 0 Å². The first kappa shape index (κ1) is 18.8. The average molecular weight is 370 g/mol. The van der Waals surface area contributed by atoms with Gasteiger partial charge in [0.2, 0.25) is 0 Å². The second-order valence-electron chi connectivity index (χ2n) is 6.59. The topological polar surface area (TPSA) is 39.6 Å². The molecule has 0 fully saturated rings. The number of nitrogens with zero attached hydrogens (tertiary/aromatic N) is 3. The Morgan fingerprint density at radius 1 is 1.04 bits per heavy atom. The average Bonchev–Trinajstić information content (AvgIpc) is 3.08. The Hall–Kier alpha value is -1.95. The van der Waals surface area contributed by atoms with E-state index in [1.165, 1.54) is 4.70 Å². The number of benzene rings is 2. The van der Waals surface area contributed by atoms with Gasteiger partial charge in [-0.05, 0) is 50.5 Å². The van der Waals surface area contributed by atoms with Crippen LogP contribution in [0.2, 0.25) is 0 Å². The monoisotopic (exact) mass is 369 g/mol. The Kier molecular flexibility index (Phi) is 6.25. The lowest BCUT2D eigenvalue weighted by atomic mass is 10.1. The van der Waals surface area contributed by atoms with E-state index in [-0.39, 0.29) is 0 Å². The maximum Gasteiger partial charge on any atom is 0.124 e. The van der Waals surface area contributed by atoms with Crippen LogP contribution in [0.15, 0.2) is 42.5 Å². The minimum Gasteiger partial charge on any atom is -0.508 e. The summed E-state index contributed by atoms with van der Waals surface area (Å²) in [6, 6.07) is 14.0. The zero-order valence-electron chi connectivity index (χ0n) is 15.8. The van der Waals surface area contributed by atoms with Crippen molar-refractivity contribution in [3.63, 3.8) is 0 Å². The number of rotatable bonds is 8. The predicted octanol–water partition coefficient (Wildman–Crippen LogP) is 4.44. The van der Waals surface area contributed by atoms with E-state index >= 15 is 0 Å². The van der Waals surface area contributed by atoms with Crippen molar-refractivity contribution < 1.29 is 5.11 Å². The molecule has 0 saturated heterocycles. The number of hydrogen-bond acceptors (Lipinski definition) is 5. The predicted molar refractivity (Wildman–Crippen MR) is 111 cm³/mol. The summed E-state index contributed by atoms with van der Waals surface area (Å²) in [5.41, 5.74) is 3.04. The Labute approximate surface area is 159 Å². The Balaban J connectivity index is 1.75. The van der Waals surface area contributed by atoms with Crippen molar-refractivity contribution >= 4 is 21.6 Å². The van der Waals surface area contributed by atoms with Crippen LogP contribution in [0.3, 0.4) is 0 Å². The molecule has 3 rings (SSSR count). The molecule has 0 saturated carbocycles. The Morgan fingerprint density at radius 2 is 1.81 bits per heavy atom. The molecule has 0 aliphatic heterocycles. The number of para-hydroxylation sites is 1. The molecule has 1 aromatic heterocycles. The van der Waals surface area contributed by atoms with Gasteiger partial charge in [-0.2, -0.15) is 0 Å². The summed E-state index contributed by atoms with van der Waals surface area (Å²) in [6.45, 7) is 9.28. The fourth-order valence-electron chi connectivity index (χ4n) is 3.06. The number of aromatic nitrogens is 1. The quantitative estimate of drug-likeness (QED) is 0.637. The fourth-order valence-corrected chi connectivity index (χ4v) is 4.02. The number of aromatic hydroxyl groups is 1. The van der Waals surface area contributed by atoms with Crippen molar-refractivity contribution in [3.05, 3.63) is 48.0 Å². The van der Waals surface area contributed by atoms with Gasteiger partial charge >= 0.3 is 0 Å². The lowest BCUT2D eigenvalue weighted by Crippen LogP contribution is -2.32. The van der Waals surface area contributed by atoms with Gasteiger partial charge in [0.1, 0.15) is 10.8 Å². The molecule has 0 atom stereocenters. The summed E-state index contributed by atoms with van der Waals surface area (Å²) < 4.78 is 1.19. The van der Waals surface area contributed by atoms with Crippen LogP contribution < -0.4 is 0 Å². The van der Waals surface area contributed by atoms with Crippen molar-refractivity contribution in [2.75, 3.05) is 33.2 Å². The second kappa shape index (κ2) is 8.62. The highest BCUT2D eigenvalue weighted by atomic mass is 32.1. The van der Waals surface area contributed by atoms with E-state index < -0.39 is 0 Å². The summed E-state index contributed by atoms with van der Waals surface area (Å²) in [7, 11) is 2.10. The smallest absolute Gasteiger partial charge is 0.124 e. The highest BCUT2D eigenvalue weighted by Gasteiger charge is 2.11. The highest BCUT2D eigenvalue weighted by molar-refractivity contribution is 7.21. The van der Waals surface area contributed by atoms with Gasteiger partial charge in [0.25, 0.3) is 0 Å². The van der Waals surface area contributed by atoms with Crippen molar-refractivity contribution in [2.24, 2.45) is 0 Å². The minimum atomic E-state index is 0.351. The van der Waals surface area contributed by atoms with Gasteiger partial charge < -0.3 is 14.9 Å². The summed E-state index contributed by atoms with van der Waals surface area (Å²) in [4.78, 5) is 9.40. The normalized spacial score (nSPS) is 11.7. The molecule has 0 radical (unpaired) electrons. The summed E-state index contributed by atoms with van der Waals surface area (Å²) in [5.74, 6) is 0.351. The van der Waals surface area contributed by atoms with Gasteiger partial charge in [-0.15, -0.1) is 11.3 Å². The molecule has 1 N–H and O–H groups in total. The van der Waals surface area contributed by atoms with E-state index in [0.29, 0.717) is 5.75 Å². The first-order valence-corrected chi connectivity index (χ1v) is 10.0. The summed E-state index contributed by atoms with van der Waals surface area (Å²) >= 11 is 1.69. The third kappa shape index (κ3) is 4.41. The van der Waals surface area contributed by atoms with Crippen molar-refractivity contribution in [1.29, 1.82) is 0 Å². The molecular formula is C21H27N3OS. The maximum absolute atomic E-state index is 10.3. The van der Waals surface area contributed by atoms with E-state index in [4.69, 9.17) is 4.98 Å². The van der Waals surface area contributed by atoms with Crippen LogP contribution in [-0.4, -0.2) is 53.1 Å². The molecule has 0 aliphatic rings.